The third-order valence-electron chi connectivity index (χ3n) is 4.28. The van der Waals surface area contributed by atoms with Crippen LogP contribution >= 0.6 is 11.6 Å². The molecule has 0 heterocycles. The van der Waals surface area contributed by atoms with Crippen molar-refractivity contribution in [1.82, 2.24) is 0 Å². The Hall–Kier alpha value is -2.78. The number of halogens is 1. The van der Waals surface area contributed by atoms with Crippen molar-refractivity contribution in [1.29, 1.82) is 0 Å². The van der Waals surface area contributed by atoms with E-state index in [0.717, 1.165) is 16.7 Å². The number of para-hydroxylation sites is 1. The molecule has 0 spiro atoms. The molecule has 0 aliphatic heterocycles. The lowest BCUT2D eigenvalue weighted by molar-refractivity contribution is -0.138. The van der Waals surface area contributed by atoms with Crippen LogP contribution in [0.4, 0.5) is 0 Å². The van der Waals surface area contributed by atoms with Gasteiger partial charge in [-0.15, -0.1) is 0 Å². The quantitative estimate of drug-likeness (QED) is 0.602. The van der Waals surface area contributed by atoms with Crippen LogP contribution in [0.5, 0.6) is 5.75 Å². The van der Waals surface area contributed by atoms with Crippen LogP contribution in [-0.4, -0.2) is 11.1 Å². The van der Waals surface area contributed by atoms with Crippen LogP contribution in [0, 0.1) is 0 Å². The normalized spacial score (nSPS) is 11.8. The fourth-order valence-electron chi connectivity index (χ4n) is 2.70. The highest BCUT2D eigenvalue weighted by Gasteiger charge is 2.17. The van der Waals surface area contributed by atoms with Gasteiger partial charge in [0.05, 0.1) is 5.92 Å². The van der Waals surface area contributed by atoms with Gasteiger partial charge >= 0.3 is 5.97 Å². The van der Waals surface area contributed by atoms with Crippen LogP contribution in [0.1, 0.15) is 24.0 Å². The number of ether oxygens (including phenoxy) is 1. The molecule has 1 unspecified atom stereocenters. The zero-order chi connectivity index (χ0) is 18.5. The van der Waals surface area contributed by atoms with E-state index in [-0.39, 0.29) is 0 Å². The van der Waals surface area contributed by atoms with Crippen molar-refractivity contribution >= 4 is 17.6 Å². The highest BCUT2D eigenvalue weighted by Crippen LogP contribution is 2.28. The Bertz CT molecular complexity index is 886. The van der Waals surface area contributed by atoms with Gasteiger partial charge in [-0.25, -0.2) is 0 Å². The molecule has 0 amide bonds. The largest absolute Gasteiger partial charge is 0.489 e. The number of carboxylic acids is 1. The molecule has 0 aromatic heterocycles. The minimum Gasteiger partial charge on any atom is -0.489 e. The molecule has 1 atom stereocenters. The summed E-state index contributed by atoms with van der Waals surface area (Å²) in [6.45, 7) is 2.04. The minimum atomic E-state index is -0.867. The van der Waals surface area contributed by atoms with Gasteiger partial charge in [-0.05, 0) is 41.8 Å². The highest BCUT2D eigenvalue weighted by molar-refractivity contribution is 6.30. The summed E-state index contributed by atoms with van der Waals surface area (Å²) < 4.78 is 5.88. The van der Waals surface area contributed by atoms with E-state index in [1.54, 1.807) is 19.1 Å². The van der Waals surface area contributed by atoms with Crippen LogP contribution in [0.3, 0.4) is 0 Å². The van der Waals surface area contributed by atoms with E-state index in [2.05, 4.69) is 0 Å². The first-order chi connectivity index (χ1) is 12.5. The molecule has 0 radical (unpaired) electrons. The van der Waals surface area contributed by atoms with Crippen LogP contribution in [-0.2, 0) is 11.4 Å². The third-order valence-corrected chi connectivity index (χ3v) is 4.53. The van der Waals surface area contributed by atoms with Gasteiger partial charge in [-0.2, -0.15) is 0 Å². The number of benzene rings is 3. The smallest absolute Gasteiger partial charge is 0.310 e. The van der Waals surface area contributed by atoms with E-state index in [1.165, 1.54) is 0 Å². The van der Waals surface area contributed by atoms with Crippen LogP contribution < -0.4 is 4.74 Å². The number of hydrogen-bond donors (Lipinski definition) is 1. The molecule has 0 aliphatic rings. The van der Waals surface area contributed by atoms with Crippen LogP contribution in [0.2, 0.25) is 5.02 Å². The van der Waals surface area contributed by atoms with Gasteiger partial charge in [0.15, 0.2) is 0 Å². The summed E-state index contributed by atoms with van der Waals surface area (Å²) in [7, 11) is 0. The average molecular weight is 367 g/mol. The topological polar surface area (TPSA) is 46.5 Å². The second kappa shape index (κ2) is 8.07. The molecule has 3 nitrogen and oxygen atoms in total. The first-order valence-corrected chi connectivity index (χ1v) is 8.72. The first-order valence-electron chi connectivity index (χ1n) is 8.34. The Balaban J connectivity index is 1.71. The van der Waals surface area contributed by atoms with Crippen LogP contribution in [0.15, 0.2) is 72.8 Å². The first kappa shape index (κ1) is 18.0. The number of carbonyl (C=O) groups is 1. The van der Waals surface area contributed by atoms with Crippen molar-refractivity contribution in [2.45, 2.75) is 19.4 Å². The Morgan fingerprint density at radius 1 is 0.962 bits per heavy atom. The summed E-state index contributed by atoms with van der Waals surface area (Å²) in [6, 6.07) is 23.0. The molecular weight excluding hydrogens is 348 g/mol. The molecule has 1 N–H and O–H groups in total. The zero-order valence-electron chi connectivity index (χ0n) is 14.4. The summed E-state index contributed by atoms with van der Waals surface area (Å²) in [5.74, 6) is -0.879. The maximum absolute atomic E-state index is 11.3. The van der Waals surface area contributed by atoms with E-state index >= 15 is 0 Å². The van der Waals surface area contributed by atoms with Gasteiger partial charge in [0.25, 0.3) is 0 Å². The van der Waals surface area contributed by atoms with Crippen molar-refractivity contribution in [3.05, 3.63) is 88.9 Å². The van der Waals surface area contributed by atoms with Crippen molar-refractivity contribution in [3.63, 3.8) is 0 Å². The number of rotatable bonds is 6. The Morgan fingerprint density at radius 3 is 2.15 bits per heavy atom. The molecule has 3 aromatic rings. The standard InChI is InChI=1S/C22H19ClO3/c1-15(22(24)25)20-4-2-3-5-21(20)26-14-16-6-8-17(9-7-16)18-10-12-19(23)13-11-18/h2-13,15H,14H2,1H3,(H,24,25). The minimum absolute atomic E-state index is 0.379. The lowest BCUT2D eigenvalue weighted by atomic mass is 10.0. The molecule has 3 rings (SSSR count). The van der Waals surface area contributed by atoms with Gasteiger partial charge < -0.3 is 9.84 Å². The van der Waals surface area contributed by atoms with Gasteiger partial charge in [0, 0.05) is 10.6 Å². The molecule has 26 heavy (non-hydrogen) atoms. The van der Waals surface area contributed by atoms with Crippen molar-refractivity contribution in [2.75, 3.05) is 0 Å². The molecular formula is C22H19ClO3. The molecule has 132 valence electrons. The van der Waals surface area contributed by atoms with Crippen molar-refractivity contribution in [2.24, 2.45) is 0 Å². The SMILES string of the molecule is CC(C(=O)O)c1ccccc1OCc1ccc(-c2ccc(Cl)cc2)cc1. The van der Waals surface area contributed by atoms with Crippen LogP contribution in [0.25, 0.3) is 11.1 Å². The fraction of sp³-hybridized carbons (Fsp3) is 0.136. The van der Waals surface area contributed by atoms with E-state index in [0.29, 0.717) is 22.9 Å². The molecule has 0 aliphatic carbocycles. The molecule has 0 saturated carbocycles. The average Bonchev–Trinajstić information content (AvgIpc) is 2.67. The molecule has 3 aromatic carbocycles. The van der Waals surface area contributed by atoms with E-state index in [9.17, 15) is 9.90 Å². The summed E-state index contributed by atoms with van der Waals surface area (Å²) >= 11 is 5.93. The van der Waals surface area contributed by atoms with E-state index < -0.39 is 11.9 Å². The highest BCUT2D eigenvalue weighted by atomic mass is 35.5. The Morgan fingerprint density at radius 2 is 1.54 bits per heavy atom. The Labute approximate surface area is 157 Å². The summed E-state index contributed by atoms with van der Waals surface area (Å²) in [6.07, 6.45) is 0. The molecule has 4 heteroatoms. The third kappa shape index (κ3) is 4.24. The Kier molecular flexibility index (Phi) is 5.59. The monoisotopic (exact) mass is 366 g/mol. The summed E-state index contributed by atoms with van der Waals surface area (Å²) in [5, 5.41) is 9.95. The maximum atomic E-state index is 11.3. The lowest BCUT2D eigenvalue weighted by Crippen LogP contribution is -2.09. The van der Waals surface area contributed by atoms with Crippen molar-refractivity contribution in [3.8, 4) is 16.9 Å². The van der Waals surface area contributed by atoms with Gasteiger partial charge in [-0.3, -0.25) is 4.79 Å². The summed E-state index contributed by atoms with van der Waals surface area (Å²) in [4.78, 5) is 11.3. The molecule has 0 saturated heterocycles. The second-order valence-electron chi connectivity index (χ2n) is 6.09. The number of hydrogen-bond acceptors (Lipinski definition) is 2. The predicted octanol–water partition coefficient (Wildman–Crippen LogP) is 5.77. The molecule has 0 bridgehead atoms. The molecule has 0 fully saturated rings. The number of aliphatic carboxylic acids is 1. The van der Waals surface area contributed by atoms with E-state index in [4.69, 9.17) is 16.3 Å². The zero-order valence-corrected chi connectivity index (χ0v) is 15.1. The van der Waals surface area contributed by atoms with Crippen molar-refractivity contribution < 1.29 is 14.6 Å². The lowest BCUT2D eigenvalue weighted by Gasteiger charge is -2.14. The maximum Gasteiger partial charge on any atom is 0.310 e. The van der Waals surface area contributed by atoms with Gasteiger partial charge in [0.2, 0.25) is 0 Å². The summed E-state index contributed by atoms with van der Waals surface area (Å²) in [5.41, 5.74) is 3.89. The predicted molar refractivity (Wildman–Crippen MR) is 104 cm³/mol. The number of carboxylic acid groups (broad SMARTS) is 1. The van der Waals surface area contributed by atoms with Gasteiger partial charge in [-0.1, -0.05) is 66.2 Å². The second-order valence-corrected chi connectivity index (χ2v) is 6.53. The fourth-order valence-corrected chi connectivity index (χ4v) is 2.83. The van der Waals surface area contributed by atoms with Gasteiger partial charge in [0.1, 0.15) is 12.4 Å². The van der Waals surface area contributed by atoms with E-state index in [1.807, 2.05) is 60.7 Å².